The van der Waals surface area contributed by atoms with Crippen molar-refractivity contribution in [1.82, 2.24) is 10.4 Å². The molecule has 108 valence electrons. The first-order valence-corrected chi connectivity index (χ1v) is 6.96. The second-order valence-electron chi connectivity index (χ2n) is 5.17. The zero-order valence-electron chi connectivity index (χ0n) is 12.5. The molecule has 0 saturated carbocycles. The van der Waals surface area contributed by atoms with E-state index >= 15 is 0 Å². The lowest BCUT2D eigenvalue weighted by molar-refractivity contribution is 0.0950. The number of carbonyl (C=O) groups is 1. The molecule has 4 heteroatoms. The Bertz CT molecular complexity index is 462. The Morgan fingerprint density at radius 3 is 2.90 bits per heavy atom. The molecule has 1 N–H and O–H groups in total. The number of allylic oxidation sites excluding steroid dienone is 2. The van der Waals surface area contributed by atoms with Gasteiger partial charge < -0.3 is 0 Å². The number of rotatable bonds is 7. The lowest BCUT2D eigenvalue weighted by atomic mass is 10.0. The molecule has 1 atom stereocenters. The first kappa shape index (κ1) is 16.1. The van der Waals surface area contributed by atoms with Crippen molar-refractivity contribution in [2.24, 2.45) is 11.0 Å². The Labute approximate surface area is 121 Å². The zero-order valence-corrected chi connectivity index (χ0v) is 12.5. The molecule has 0 fully saturated rings. The molecule has 4 nitrogen and oxygen atoms in total. The average Bonchev–Trinajstić information content (AvgIpc) is 2.44. The quantitative estimate of drug-likeness (QED) is 0.469. The fourth-order valence-electron chi connectivity index (χ4n) is 1.67. The molecule has 0 aliphatic heterocycles. The van der Waals surface area contributed by atoms with Crippen molar-refractivity contribution in [1.29, 1.82) is 0 Å². The predicted molar refractivity (Wildman–Crippen MR) is 82.6 cm³/mol. The largest absolute Gasteiger partial charge is 0.289 e. The Kier molecular flexibility index (Phi) is 7.25. The monoisotopic (exact) mass is 273 g/mol. The molecule has 0 saturated heterocycles. The SMILES string of the molecule is CC(C)=CCC[C@H](C)C/C=N/NC(=O)c1ccccn1. The van der Waals surface area contributed by atoms with Crippen LogP contribution in [0.15, 0.2) is 41.1 Å². The van der Waals surface area contributed by atoms with Crippen LogP contribution in [-0.2, 0) is 0 Å². The zero-order chi connectivity index (χ0) is 14.8. The van der Waals surface area contributed by atoms with Crippen LogP contribution in [-0.4, -0.2) is 17.1 Å². The summed E-state index contributed by atoms with van der Waals surface area (Å²) in [5.41, 5.74) is 4.22. The van der Waals surface area contributed by atoms with Gasteiger partial charge in [0, 0.05) is 12.4 Å². The third kappa shape index (κ3) is 6.83. The Balaban J connectivity index is 2.25. The molecule has 20 heavy (non-hydrogen) atoms. The molecule has 0 spiro atoms. The van der Waals surface area contributed by atoms with E-state index in [1.54, 1.807) is 30.6 Å². The first-order valence-electron chi connectivity index (χ1n) is 6.96. The fraction of sp³-hybridized carbons (Fsp3) is 0.438. The third-order valence-corrected chi connectivity index (χ3v) is 2.87. The number of nitrogens with zero attached hydrogens (tertiary/aromatic N) is 2. The summed E-state index contributed by atoms with van der Waals surface area (Å²) in [6.07, 6.45) is 8.68. The van der Waals surface area contributed by atoms with E-state index in [1.807, 2.05) is 0 Å². The molecule has 1 rings (SSSR count). The molecule has 1 heterocycles. The minimum atomic E-state index is -0.279. The number of hydrazone groups is 1. The molecule has 1 aromatic rings. The second-order valence-corrected chi connectivity index (χ2v) is 5.17. The van der Waals surface area contributed by atoms with E-state index in [1.165, 1.54) is 5.57 Å². The van der Waals surface area contributed by atoms with E-state index in [4.69, 9.17) is 0 Å². The summed E-state index contributed by atoms with van der Waals surface area (Å²) in [5.74, 6) is 0.278. The summed E-state index contributed by atoms with van der Waals surface area (Å²) in [6, 6.07) is 5.21. The number of aromatic nitrogens is 1. The van der Waals surface area contributed by atoms with Crippen LogP contribution in [0.1, 0.15) is 50.5 Å². The van der Waals surface area contributed by atoms with Gasteiger partial charge in [-0.2, -0.15) is 5.10 Å². The molecule has 1 aromatic heterocycles. The molecule has 0 unspecified atom stereocenters. The summed E-state index contributed by atoms with van der Waals surface area (Å²) in [4.78, 5) is 15.6. The van der Waals surface area contributed by atoms with Crippen LogP contribution < -0.4 is 5.43 Å². The number of carbonyl (C=O) groups excluding carboxylic acids is 1. The van der Waals surface area contributed by atoms with Gasteiger partial charge in [0.25, 0.3) is 5.91 Å². The van der Waals surface area contributed by atoms with Gasteiger partial charge in [0.2, 0.25) is 0 Å². The Morgan fingerprint density at radius 1 is 1.45 bits per heavy atom. The van der Waals surface area contributed by atoms with Gasteiger partial charge in [0.15, 0.2) is 0 Å². The van der Waals surface area contributed by atoms with Crippen LogP contribution >= 0.6 is 0 Å². The number of amides is 1. The van der Waals surface area contributed by atoms with E-state index < -0.39 is 0 Å². The normalized spacial score (nSPS) is 12.2. The molecule has 0 aliphatic rings. The smallest absolute Gasteiger partial charge is 0.266 e. The van der Waals surface area contributed by atoms with Crippen LogP contribution in [0.4, 0.5) is 0 Å². The van der Waals surface area contributed by atoms with Crippen LogP contribution in [0.3, 0.4) is 0 Å². The number of hydrogen-bond donors (Lipinski definition) is 1. The van der Waals surface area contributed by atoms with Crippen molar-refractivity contribution < 1.29 is 4.79 Å². The van der Waals surface area contributed by atoms with Crippen molar-refractivity contribution in [3.63, 3.8) is 0 Å². The van der Waals surface area contributed by atoms with Crippen LogP contribution in [0.25, 0.3) is 0 Å². The van der Waals surface area contributed by atoms with Gasteiger partial charge in [-0.25, -0.2) is 5.43 Å². The maximum absolute atomic E-state index is 11.6. The van der Waals surface area contributed by atoms with Gasteiger partial charge in [0.05, 0.1) is 0 Å². The molecular formula is C16H23N3O. The average molecular weight is 273 g/mol. The fourth-order valence-corrected chi connectivity index (χ4v) is 1.67. The van der Waals surface area contributed by atoms with Crippen LogP contribution in [0, 0.1) is 5.92 Å². The van der Waals surface area contributed by atoms with Crippen LogP contribution in [0.5, 0.6) is 0 Å². The predicted octanol–water partition coefficient (Wildman–Crippen LogP) is 3.57. The molecule has 0 aromatic carbocycles. The van der Waals surface area contributed by atoms with E-state index in [0.717, 1.165) is 19.3 Å². The maximum atomic E-state index is 11.6. The van der Waals surface area contributed by atoms with Gasteiger partial charge in [-0.1, -0.05) is 24.6 Å². The third-order valence-electron chi connectivity index (χ3n) is 2.87. The van der Waals surface area contributed by atoms with E-state index in [-0.39, 0.29) is 5.91 Å². The van der Waals surface area contributed by atoms with Crippen molar-refractivity contribution >= 4 is 12.1 Å². The second kappa shape index (κ2) is 9.02. The van der Waals surface area contributed by atoms with Gasteiger partial charge in [-0.05, 0) is 51.2 Å². The first-order chi connectivity index (χ1) is 9.59. The number of hydrogen-bond acceptors (Lipinski definition) is 3. The minimum absolute atomic E-state index is 0.279. The van der Waals surface area contributed by atoms with E-state index in [0.29, 0.717) is 11.6 Å². The Morgan fingerprint density at radius 2 is 2.25 bits per heavy atom. The van der Waals surface area contributed by atoms with Gasteiger partial charge >= 0.3 is 0 Å². The van der Waals surface area contributed by atoms with Gasteiger partial charge in [-0.15, -0.1) is 0 Å². The highest BCUT2D eigenvalue weighted by molar-refractivity contribution is 5.92. The highest BCUT2D eigenvalue weighted by Crippen LogP contribution is 2.10. The van der Waals surface area contributed by atoms with Gasteiger partial charge in [-0.3, -0.25) is 9.78 Å². The molecule has 0 aliphatic carbocycles. The highest BCUT2D eigenvalue weighted by atomic mass is 16.2. The molecule has 0 radical (unpaired) electrons. The highest BCUT2D eigenvalue weighted by Gasteiger charge is 2.03. The van der Waals surface area contributed by atoms with Crippen molar-refractivity contribution in [2.75, 3.05) is 0 Å². The van der Waals surface area contributed by atoms with Gasteiger partial charge in [0.1, 0.15) is 5.69 Å². The van der Waals surface area contributed by atoms with Crippen molar-refractivity contribution in [3.8, 4) is 0 Å². The minimum Gasteiger partial charge on any atom is -0.266 e. The summed E-state index contributed by atoms with van der Waals surface area (Å²) >= 11 is 0. The van der Waals surface area contributed by atoms with Crippen molar-refractivity contribution in [2.45, 2.75) is 40.0 Å². The van der Waals surface area contributed by atoms with E-state index in [2.05, 4.69) is 42.4 Å². The van der Waals surface area contributed by atoms with Crippen molar-refractivity contribution in [3.05, 3.63) is 41.7 Å². The number of pyridine rings is 1. The molecule has 0 bridgehead atoms. The molecule has 1 amide bonds. The lowest BCUT2D eigenvalue weighted by Gasteiger charge is -2.05. The van der Waals surface area contributed by atoms with E-state index in [9.17, 15) is 4.79 Å². The summed E-state index contributed by atoms with van der Waals surface area (Å²) in [7, 11) is 0. The summed E-state index contributed by atoms with van der Waals surface area (Å²) < 4.78 is 0. The summed E-state index contributed by atoms with van der Waals surface area (Å²) in [6.45, 7) is 6.41. The number of nitrogens with one attached hydrogen (secondary N) is 1. The van der Waals surface area contributed by atoms with Crippen LogP contribution in [0.2, 0.25) is 0 Å². The summed E-state index contributed by atoms with van der Waals surface area (Å²) in [5, 5.41) is 3.95. The standard InChI is InChI=1S/C16H23N3O/c1-13(2)7-6-8-14(3)10-12-18-19-16(20)15-9-4-5-11-17-15/h4-5,7,9,11-12,14H,6,8,10H2,1-3H3,(H,19,20)/b18-12+/t14-/m0/s1. The molecular weight excluding hydrogens is 250 g/mol. The Hall–Kier alpha value is -1.97. The lowest BCUT2D eigenvalue weighted by Crippen LogP contribution is -2.18. The maximum Gasteiger partial charge on any atom is 0.289 e. The topological polar surface area (TPSA) is 54.4 Å².